The lowest BCUT2D eigenvalue weighted by Gasteiger charge is -2.19. The van der Waals surface area contributed by atoms with Crippen molar-refractivity contribution in [3.8, 4) is 28.4 Å². The van der Waals surface area contributed by atoms with Gasteiger partial charge in [0.25, 0.3) is 11.5 Å². The number of benzene rings is 3. The topological polar surface area (TPSA) is 96.5 Å². The van der Waals surface area contributed by atoms with Gasteiger partial charge in [-0.2, -0.15) is 0 Å². The van der Waals surface area contributed by atoms with Crippen molar-refractivity contribution in [1.29, 1.82) is 0 Å². The molecule has 0 saturated heterocycles. The lowest BCUT2D eigenvalue weighted by molar-refractivity contribution is 0.102. The molecule has 0 aliphatic heterocycles. The van der Waals surface area contributed by atoms with Gasteiger partial charge in [-0.15, -0.1) is 0 Å². The number of aromatic nitrogens is 3. The first-order valence-electron chi connectivity index (χ1n) is 13.1. The average Bonchev–Trinajstić information content (AvgIpc) is 3.38. The minimum atomic E-state index is -0.443. The van der Waals surface area contributed by atoms with Gasteiger partial charge in [0.1, 0.15) is 11.5 Å². The molecular weight excluding hydrogens is 544 g/mol. The number of aryl methyl sites for hydroxylation is 1. The number of amides is 1. The van der Waals surface area contributed by atoms with Gasteiger partial charge in [-0.25, -0.2) is 4.79 Å². The number of nitrogens with zero attached hydrogens (tertiary/aromatic N) is 3. The fourth-order valence-electron chi connectivity index (χ4n) is 4.79. The van der Waals surface area contributed by atoms with Crippen LogP contribution < -0.4 is 26.0 Å². The molecular formula is C31H29ClN4O5. The first-order chi connectivity index (χ1) is 19.7. The summed E-state index contributed by atoms with van der Waals surface area (Å²) in [6, 6.07) is 19.4. The Labute approximate surface area is 241 Å². The fourth-order valence-corrected chi connectivity index (χ4v) is 4.91. The minimum absolute atomic E-state index is 0.297. The van der Waals surface area contributed by atoms with Gasteiger partial charge >= 0.3 is 5.69 Å². The van der Waals surface area contributed by atoms with Crippen LogP contribution in [0.3, 0.4) is 0 Å². The van der Waals surface area contributed by atoms with E-state index in [0.29, 0.717) is 68.8 Å². The predicted octanol–water partition coefficient (Wildman–Crippen LogP) is 5.40. The molecule has 0 atom stereocenters. The summed E-state index contributed by atoms with van der Waals surface area (Å²) in [6.07, 6.45) is 1.73. The van der Waals surface area contributed by atoms with Crippen LogP contribution in [-0.4, -0.2) is 32.8 Å². The Kier molecular flexibility index (Phi) is 7.72. The standard InChI is InChI=1S/C31H29ClN4O5/c1-5-40-25-17-23(26(41-6-2)16-22(25)33-29(37)20-10-8-7-9-11-20)36-18-24-27(30(38)35(4)31(39)34(24)3)28(36)19-12-14-21(32)15-13-19/h7-18H,5-6H2,1-4H3,(H,33,37). The van der Waals surface area contributed by atoms with Gasteiger partial charge in [0.15, 0.2) is 0 Å². The van der Waals surface area contributed by atoms with Gasteiger partial charge in [-0.05, 0) is 43.7 Å². The molecule has 10 heteroatoms. The number of halogens is 1. The molecule has 1 N–H and O–H groups in total. The molecule has 2 heterocycles. The largest absolute Gasteiger partial charge is 0.492 e. The van der Waals surface area contributed by atoms with E-state index in [2.05, 4.69) is 5.32 Å². The molecule has 9 nitrogen and oxygen atoms in total. The molecule has 0 unspecified atom stereocenters. The summed E-state index contributed by atoms with van der Waals surface area (Å²) in [4.78, 5) is 39.4. The molecule has 1 amide bonds. The number of rotatable bonds is 8. The monoisotopic (exact) mass is 572 g/mol. The number of hydrogen-bond donors (Lipinski definition) is 1. The van der Waals surface area contributed by atoms with Crippen molar-refractivity contribution in [2.75, 3.05) is 18.5 Å². The molecule has 0 aliphatic rings. The summed E-state index contributed by atoms with van der Waals surface area (Å²) >= 11 is 6.19. The van der Waals surface area contributed by atoms with E-state index in [1.54, 1.807) is 61.8 Å². The molecule has 0 fully saturated rings. The number of carbonyl (C=O) groups is 1. The SMILES string of the molecule is CCOc1cc(-n2cc3c(c2-c2ccc(Cl)cc2)c(=O)n(C)c(=O)n3C)c(OCC)cc1NC(=O)c1ccccc1. The van der Waals surface area contributed by atoms with Gasteiger partial charge in [-0.3, -0.25) is 18.7 Å². The highest BCUT2D eigenvalue weighted by molar-refractivity contribution is 6.30. The summed E-state index contributed by atoms with van der Waals surface area (Å²) in [5, 5.41) is 3.84. The van der Waals surface area contributed by atoms with E-state index >= 15 is 0 Å². The van der Waals surface area contributed by atoms with Crippen molar-refractivity contribution in [2.24, 2.45) is 14.1 Å². The predicted molar refractivity (Wildman–Crippen MR) is 161 cm³/mol. The van der Waals surface area contributed by atoms with Gasteiger partial charge < -0.3 is 19.4 Å². The fraction of sp³-hybridized carbons (Fsp3) is 0.194. The summed E-state index contributed by atoms with van der Waals surface area (Å²) in [7, 11) is 3.08. The second kappa shape index (κ2) is 11.4. The Morgan fingerprint density at radius 2 is 1.54 bits per heavy atom. The maximum atomic E-state index is 13.5. The van der Waals surface area contributed by atoms with E-state index in [1.165, 1.54) is 11.6 Å². The summed E-state index contributed by atoms with van der Waals surface area (Å²) in [5.74, 6) is 0.558. The van der Waals surface area contributed by atoms with E-state index in [9.17, 15) is 14.4 Å². The summed E-state index contributed by atoms with van der Waals surface area (Å²) in [5.41, 5.74) is 2.33. The molecule has 0 aliphatic carbocycles. The van der Waals surface area contributed by atoms with E-state index in [0.717, 1.165) is 4.57 Å². The van der Waals surface area contributed by atoms with Crippen LogP contribution in [0.15, 0.2) is 82.5 Å². The first-order valence-corrected chi connectivity index (χ1v) is 13.5. The van der Waals surface area contributed by atoms with Crippen molar-refractivity contribution in [1.82, 2.24) is 13.7 Å². The van der Waals surface area contributed by atoms with Crippen LogP contribution in [0.25, 0.3) is 27.8 Å². The third-order valence-corrected chi connectivity index (χ3v) is 7.01. The number of hydrogen-bond acceptors (Lipinski definition) is 5. The molecule has 2 aromatic heterocycles. The second-order valence-corrected chi connectivity index (χ2v) is 9.76. The van der Waals surface area contributed by atoms with Gasteiger partial charge in [0.2, 0.25) is 0 Å². The van der Waals surface area contributed by atoms with E-state index in [1.807, 2.05) is 36.6 Å². The zero-order chi connectivity index (χ0) is 29.3. The lowest BCUT2D eigenvalue weighted by Crippen LogP contribution is -2.36. The molecule has 210 valence electrons. The lowest BCUT2D eigenvalue weighted by atomic mass is 10.1. The molecule has 41 heavy (non-hydrogen) atoms. The maximum absolute atomic E-state index is 13.5. The Morgan fingerprint density at radius 1 is 0.878 bits per heavy atom. The van der Waals surface area contributed by atoms with E-state index < -0.39 is 11.2 Å². The van der Waals surface area contributed by atoms with Crippen LogP contribution in [-0.2, 0) is 14.1 Å². The van der Waals surface area contributed by atoms with Crippen LogP contribution >= 0.6 is 11.6 Å². The van der Waals surface area contributed by atoms with Gasteiger partial charge in [-0.1, -0.05) is 41.9 Å². The highest BCUT2D eigenvalue weighted by Crippen LogP contribution is 2.40. The first kappa shape index (κ1) is 27.8. The third-order valence-electron chi connectivity index (χ3n) is 6.76. The summed E-state index contributed by atoms with van der Waals surface area (Å²) in [6.45, 7) is 4.38. The molecule has 0 spiro atoms. The van der Waals surface area contributed by atoms with Crippen LogP contribution in [0, 0.1) is 0 Å². The highest BCUT2D eigenvalue weighted by atomic mass is 35.5. The number of nitrogens with one attached hydrogen (secondary N) is 1. The molecule has 0 bridgehead atoms. The van der Waals surface area contributed by atoms with Gasteiger partial charge in [0, 0.05) is 43.0 Å². The number of ether oxygens (including phenoxy) is 2. The molecule has 0 saturated carbocycles. The second-order valence-electron chi connectivity index (χ2n) is 9.32. The molecule has 5 aromatic rings. The minimum Gasteiger partial charge on any atom is -0.492 e. The Balaban J connectivity index is 1.80. The van der Waals surface area contributed by atoms with Crippen molar-refractivity contribution in [3.05, 3.63) is 104 Å². The highest BCUT2D eigenvalue weighted by Gasteiger charge is 2.24. The molecule has 3 aromatic carbocycles. The third kappa shape index (κ3) is 5.12. The Bertz CT molecular complexity index is 1870. The van der Waals surface area contributed by atoms with Crippen LogP contribution in [0.5, 0.6) is 11.5 Å². The number of carbonyl (C=O) groups excluding carboxylic acids is 1. The smallest absolute Gasteiger partial charge is 0.330 e. The van der Waals surface area contributed by atoms with Crippen LogP contribution in [0.4, 0.5) is 5.69 Å². The maximum Gasteiger partial charge on any atom is 0.330 e. The Hall–Kier alpha value is -4.76. The summed E-state index contributed by atoms with van der Waals surface area (Å²) < 4.78 is 16.4. The quantitative estimate of drug-likeness (QED) is 0.269. The zero-order valence-corrected chi connectivity index (χ0v) is 23.9. The average molecular weight is 573 g/mol. The van der Waals surface area contributed by atoms with Crippen LogP contribution in [0.1, 0.15) is 24.2 Å². The van der Waals surface area contributed by atoms with Gasteiger partial charge in [0.05, 0.1) is 41.2 Å². The van der Waals surface area contributed by atoms with Crippen LogP contribution in [0.2, 0.25) is 5.02 Å². The number of anilines is 1. The van der Waals surface area contributed by atoms with Crippen molar-refractivity contribution in [2.45, 2.75) is 13.8 Å². The zero-order valence-electron chi connectivity index (χ0n) is 23.1. The Morgan fingerprint density at radius 3 is 2.20 bits per heavy atom. The normalized spacial score (nSPS) is 11.0. The van der Waals surface area contributed by atoms with Crippen molar-refractivity contribution >= 4 is 34.1 Å². The number of fused-ring (bicyclic) bond motifs is 1. The van der Waals surface area contributed by atoms with E-state index in [4.69, 9.17) is 21.1 Å². The van der Waals surface area contributed by atoms with E-state index in [-0.39, 0.29) is 5.91 Å². The van der Waals surface area contributed by atoms with Crippen molar-refractivity contribution in [3.63, 3.8) is 0 Å². The molecule has 0 radical (unpaired) electrons. The molecule has 5 rings (SSSR count). The van der Waals surface area contributed by atoms with Crippen molar-refractivity contribution < 1.29 is 14.3 Å².